The summed E-state index contributed by atoms with van der Waals surface area (Å²) in [4.78, 5) is 11.7. The minimum absolute atomic E-state index is 0.346. The molecule has 0 fully saturated rings. The number of anilines is 2. The van der Waals surface area contributed by atoms with Crippen molar-refractivity contribution in [3.63, 3.8) is 0 Å². The van der Waals surface area contributed by atoms with Gasteiger partial charge in [0.1, 0.15) is 5.75 Å². The Balaban J connectivity index is 1.93. The van der Waals surface area contributed by atoms with Crippen molar-refractivity contribution in [1.29, 1.82) is 0 Å². The van der Waals surface area contributed by atoms with Gasteiger partial charge in [0, 0.05) is 11.4 Å². The molecule has 2 amide bonds. The standard InChI is InChI=1S/C15H13F3N2O2/c1-10-2-4-11(5-3-10)19-14(21)20-12-6-8-13(9-7-12)22-15(16,17)18/h2-9H,1H3,(H2,19,20,21). The van der Waals surface area contributed by atoms with Crippen molar-refractivity contribution in [3.05, 3.63) is 54.1 Å². The molecular formula is C15H13F3N2O2. The number of alkyl halides is 3. The summed E-state index contributed by atoms with van der Waals surface area (Å²) in [7, 11) is 0. The summed E-state index contributed by atoms with van der Waals surface area (Å²) < 4.78 is 39.8. The maximum Gasteiger partial charge on any atom is 0.573 e. The van der Waals surface area contributed by atoms with Crippen LogP contribution in [0.5, 0.6) is 5.75 Å². The number of hydrogen-bond donors (Lipinski definition) is 2. The fourth-order valence-corrected chi connectivity index (χ4v) is 1.67. The van der Waals surface area contributed by atoms with Gasteiger partial charge in [-0.3, -0.25) is 0 Å². The van der Waals surface area contributed by atoms with E-state index in [2.05, 4.69) is 15.4 Å². The Labute approximate surface area is 124 Å². The van der Waals surface area contributed by atoms with Crippen LogP contribution in [0.1, 0.15) is 5.56 Å². The number of rotatable bonds is 3. The summed E-state index contributed by atoms with van der Waals surface area (Å²) in [6.45, 7) is 1.93. The van der Waals surface area contributed by atoms with Gasteiger partial charge in [0.05, 0.1) is 0 Å². The highest BCUT2D eigenvalue weighted by atomic mass is 19.4. The first kappa shape index (κ1) is 15.7. The highest BCUT2D eigenvalue weighted by Crippen LogP contribution is 2.24. The van der Waals surface area contributed by atoms with Crippen molar-refractivity contribution >= 4 is 17.4 Å². The quantitative estimate of drug-likeness (QED) is 0.874. The van der Waals surface area contributed by atoms with E-state index in [1.165, 1.54) is 12.1 Å². The van der Waals surface area contributed by atoms with Gasteiger partial charge in [-0.25, -0.2) is 4.79 Å². The lowest BCUT2D eigenvalue weighted by atomic mass is 10.2. The molecule has 0 unspecified atom stereocenters. The average Bonchev–Trinajstić information content (AvgIpc) is 2.42. The molecule has 2 aromatic rings. The topological polar surface area (TPSA) is 50.4 Å². The number of aryl methyl sites for hydroxylation is 1. The first-order valence-electron chi connectivity index (χ1n) is 6.32. The fraction of sp³-hybridized carbons (Fsp3) is 0.133. The van der Waals surface area contributed by atoms with E-state index in [1.54, 1.807) is 12.1 Å². The number of amides is 2. The molecule has 2 rings (SSSR count). The third-order valence-electron chi connectivity index (χ3n) is 2.66. The molecule has 0 spiro atoms. The van der Waals surface area contributed by atoms with E-state index < -0.39 is 12.4 Å². The van der Waals surface area contributed by atoms with Gasteiger partial charge in [0.2, 0.25) is 0 Å². The predicted octanol–water partition coefficient (Wildman–Crippen LogP) is 4.54. The van der Waals surface area contributed by atoms with Crippen LogP contribution in [0, 0.1) is 6.92 Å². The molecule has 116 valence electrons. The Morgan fingerprint density at radius 3 is 1.82 bits per heavy atom. The van der Waals surface area contributed by atoms with Gasteiger partial charge in [0.25, 0.3) is 0 Å². The molecule has 0 aliphatic heterocycles. The lowest BCUT2D eigenvalue weighted by molar-refractivity contribution is -0.274. The van der Waals surface area contributed by atoms with Gasteiger partial charge in [-0.1, -0.05) is 17.7 Å². The normalized spacial score (nSPS) is 10.9. The van der Waals surface area contributed by atoms with Gasteiger partial charge in [0.15, 0.2) is 0 Å². The summed E-state index contributed by atoms with van der Waals surface area (Å²) in [6.07, 6.45) is -4.74. The first-order chi connectivity index (χ1) is 10.3. The van der Waals surface area contributed by atoms with Gasteiger partial charge in [-0.15, -0.1) is 13.2 Å². The van der Waals surface area contributed by atoms with Crippen LogP contribution in [0.3, 0.4) is 0 Å². The lowest BCUT2D eigenvalue weighted by Crippen LogP contribution is -2.19. The molecule has 0 aliphatic carbocycles. The van der Waals surface area contributed by atoms with E-state index in [1.807, 2.05) is 19.1 Å². The smallest absolute Gasteiger partial charge is 0.406 e. The molecule has 4 nitrogen and oxygen atoms in total. The molecule has 0 radical (unpaired) electrons. The zero-order chi connectivity index (χ0) is 16.2. The first-order valence-corrected chi connectivity index (χ1v) is 6.32. The zero-order valence-electron chi connectivity index (χ0n) is 11.6. The number of benzene rings is 2. The molecule has 2 aromatic carbocycles. The van der Waals surface area contributed by atoms with Crippen LogP contribution in [-0.2, 0) is 0 Å². The number of halogens is 3. The van der Waals surface area contributed by atoms with E-state index in [-0.39, 0.29) is 5.75 Å². The number of carbonyl (C=O) groups excluding carboxylic acids is 1. The summed E-state index contributed by atoms with van der Waals surface area (Å²) in [5.41, 5.74) is 2.02. The Kier molecular flexibility index (Phi) is 4.55. The minimum Gasteiger partial charge on any atom is -0.406 e. The highest BCUT2D eigenvalue weighted by molar-refractivity contribution is 5.99. The number of hydrogen-bond acceptors (Lipinski definition) is 2. The molecule has 0 saturated carbocycles. The maximum absolute atomic E-state index is 12.0. The van der Waals surface area contributed by atoms with Crippen molar-refractivity contribution in [2.75, 3.05) is 10.6 Å². The number of nitrogens with one attached hydrogen (secondary N) is 2. The van der Waals surface area contributed by atoms with E-state index in [0.717, 1.165) is 17.7 Å². The Hall–Kier alpha value is -2.70. The fourth-order valence-electron chi connectivity index (χ4n) is 1.67. The second kappa shape index (κ2) is 6.38. The third-order valence-corrected chi connectivity index (χ3v) is 2.66. The molecule has 0 aromatic heterocycles. The van der Waals surface area contributed by atoms with Crippen molar-refractivity contribution in [3.8, 4) is 5.75 Å². The van der Waals surface area contributed by atoms with Crippen LogP contribution in [0.4, 0.5) is 29.3 Å². The summed E-state index contributed by atoms with van der Waals surface area (Å²) in [5, 5.41) is 5.12. The van der Waals surface area contributed by atoms with E-state index in [0.29, 0.717) is 11.4 Å². The van der Waals surface area contributed by atoms with Gasteiger partial charge in [-0.05, 0) is 43.3 Å². The van der Waals surface area contributed by atoms with Crippen LogP contribution in [0.2, 0.25) is 0 Å². The monoisotopic (exact) mass is 310 g/mol. The SMILES string of the molecule is Cc1ccc(NC(=O)Nc2ccc(OC(F)(F)F)cc2)cc1. The Morgan fingerprint density at radius 1 is 0.909 bits per heavy atom. The van der Waals surface area contributed by atoms with E-state index in [9.17, 15) is 18.0 Å². The second-order valence-corrected chi connectivity index (χ2v) is 4.52. The van der Waals surface area contributed by atoms with Crippen molar-refractivity contribution in [2.24, 2.45) is 0 Å². The molecular weight excluding hydrogens is 297 g/mol. The van der Waals surface area contributed by atoms with Crippen LogP contribution in [-0.4, -0.2) is 12.4 Å². The van der Waals surface area contributed by atoms with Gasteiger partial charge < -0.3 is 15.4 Å². The van der Waals surface area contributed by atoms with Crippen LogP contribution >= 0.6 is 0 Å². The molecule has 0 saturated heterocycles. The summed E-state index contributed by atoms with van der Waals surface area (Å²) in [5.74, 6) is -0.350. The largest absolute Gasteiger partial charge is 0.573 e. The van der Waals surface area contributed by atoms with E-state index in [4.69, 9.17) is 0 Å². The summed E-state index contributed by atoms with van der Waals surface area (Å²) >= 11 is 0. The second-order valence-electron chi connectivity index (χ2n) is 4.52. The van der Waals surface area contributed by atoms with Crippen LogP contribution in [0.15, 0.2) is 48.5 Å². The number of urea groups is 1. The van der Waals surface area contributed by atoms with Gasteiger partial charge in [-0.2, -0.15) is 0 Å². The van der Waals surface area contributed by atoms with Crippen molar-refractivity contribution in [1.82, 2.24) is 0 Å². The molecule has 0 aliphatic rings. The van der Waals surface area contributed by atoms with Crippen molar-refractivity contribution in [2.45, 2.75) is 13.3 Å². The highest BCUT2D eigenvalue weighted by Gasteiger charge is 2.30. The lowest BCUT2D eigenvalue weighted by Gasteiger charge is -2.10. The molecule has 0 heterocycles. The average molecular weight is 310 g/mol. The minimum atomic E-state index is -4.74. The maximum atomic E-state index is 12.0. The number of ether oxygens (including phenoxy) is 1. The summed E-state index contributed by atoms with van der Waals surface area (Å²) in [6, 6.07) is 11.6. The molecule has 0 atom stereocenters. The molecule has 22 heavy (non-hydrogen) atoms. The van der Waals surface area contributed by atoms with E-state index >= 15 is 0 Å². The van der Waals surface area contributed by atoms with Crippen LogP contribution in [0.25, 0.3) is 0 Å². The predicted molar refractivity (Wildman–Crippen MR) is 76.9 cm³/mol. The molecule has 7 heteroatoms. The molecule has 2 N–H and O–H groups in total. The molecule has 0 bridgehead atoms. The van der Waals surface area contributed by atoms with Gasteiger partial charge >= 0.3 is 12.4 Å². The van der Waals surface area contributed by atoms with Crippen molar-refractivity contribution < 1.29 is 22.7 Å². The Morgan fingerprint density at radius 2 is 1.36 bits per heavy atom. The Bertz CT molecular complexity index is 637. The van der Waals surface area contributed by atoms with Crippen LogP contribution < -0.4 is 15.4 Å². The zero-order valence-corrected chi connectivity index (χ0v) is 11.6. The number of carbonyl (C=O) groups is 1. The third kappa shape index (κ3) is 5.01.